The Labute approximate surface area is 119 Å². The fraction of sp³-hybridized carbons (Fsp3) is 0.625. The van der Waals surface area contributed by atoms with Crippen LogP contribution in [0.5, 0.6) is 0 Å². The number of fused-ring (bicyclic) bond motifs is 2. The van der Waals surface area contributed by atoms with E-state index in [-0.39, 0.29) is 5.41 Å². The van der Waals surface area contributed by atoms with Gasteiger partial charge in [-0.3, -0.25) is 0 Å². The van der Waals surface area contributed by atoms with Crippen molar-refractivity contribution in [1.29, 1.82) is 0 Å². The summed E-state index contributed by atoms with van der Waals surface area (Å²) in [5.74, 6) is 0. The number of halogens is 1. The standard InChI is InChI=1S/C16H22BrN/c1-15(2,3)12-7-11-9-18(4)10-16(5-6-16)14(11)13(17)8-12/h7-8H,5-6,9-10H2,1-4H3. The molecule has 1 spiro atoms. The number of rotatable bonds is 0. The number of hydrogen-bond acceptors (Lipinski definition) is 1. The summed E-state index contributed by atoms with van der Waals surface area (Å²) in [6, 6.07) is 4.79. The average Bonchev–Trinajstić information content (AvgIpc) is 2.94. The Morgan fingerprint density at radius 1 is 1.22 bits per heavy atom. The number of benzene rings is 1. The first-order valence-electron chi connectivity index (χ1n) is 6.84. The maximum absolute atomic E-state index is 3.84. The molecule has 1 aromatic rings. The SMILES string of the molecule is CN1Cc2cc(C(C)(C)C)cc(Br)c2C2(CC2)C1. The van der Waals surface area contributed by atoms with Gasteiger partial charge in [0.2, 0.25) is 0 Å². The van der Waals surface area contributed by atoms with E-state index >= 15 is 0 Å². The van der Waals surface area contributed by atoms with Crippen LogP contribution in [-0.4, -0.2) is 18.5 Å². The molecule has 1 aliphatic heterocycles. The minimum atomic E-state index is 0.226. The predicted octanol–water partition coefficient (Wildman–Crippen LogP) is 4.22. The lowest BCUT2D eigenvalue weighted by atomic mass is 9.81. The van der Waals surface area contributed by atoms with Crippen LogP contribution in [0.4, 0.5) is 0 Å². The van der Waals surface area contributed by atoms with Crippen LogP contribution < -0.4 is 0 Å². The predicted molar refractivity (Wildman–Crippen MR) is 80.1 cm³/mol. The van der Waals surface area contributed by atoms with Gasteiger partial charge in [0.1, 0.15) is 0 Å². The molecule has 0 unspecified atom stereocenters. The van der Waals surface area contributed by atoms with E-state index in [1.807, 2.05) is 0 Å². The second-order valence-corrected chi connectivity index (χ2v) is 8.05. The van der Waals surface area contributed by atoms with Crippen LogP contribution in [0.25, 0.3) is 0 Å². The summed E-state index contributed by atoms with van der Waals surface area (Å²) < 4.78 is 1.34. The van der Waals surface area contributed by atoms with Crippen LogP contribution in [0.15, 0.2) is 16.6 Å². The summed E-state index contributed by atoms with van der Waals surface area (Å²) in [6.07, 6.45) is 2.72. The molecule has 0 N–H and O–H groups in total. The van der Waals surface area contributed by atoms with Crippen LogP contribution in [0.3, 0.4) is 0 Å². The van der Waals surface area contributed by atoms with Gasteiger partial charge in [0.25, 0.3) is 0 Å². The summed E-state index contributed by atoms with van der Waals surface area (Å²) in [4.78, 5) is 2.48. The zero-order valence-corrected chi connectivity index (χ0v) is 13.4. The van der Waals surface area contributed by atoms with E-state index in [1.165, 1.54) is 29.4 Å². The lowest BCUT2D eigenvalue weighted by molar-refractivity contribution is 0.270. The highest BCUT2D eigenvalue weighted by molar-refractivity contribution is 9.10. The smallest absolute Gasteiger partial charge is 0.0234 e. The maximum Gasteiger partial charge on any atom is 0.0234 e. The maximum atomic E-state index is 3.84. The Morgan fingerprint density at radius 3 is 2.44 bits per heavy atom. The second-order valence-electron chi connectivity index (χ2n) is 7.19. The molecule has 98 valence electrons. The molecule has 2 heteroatoms. The first kappa shape index (κ1) is 12.7. The van der Waals surface area contributed by atoms with E-state index in [4.69, 9.17) is 0 Å². The lowest BCUT2D eigenvalue weighted by Gasteiger charge is -2.35. The molecule has 2 aliphatic rings. The van der Waals surface area contributed by atoms with E-state index in [1.54, 1.807) is 11.1 Å². The van der Waals surface area contributed by atoms with Gasteiger partial charge in [-0.05, 0) is 48.1 Å². The van der Waals surface area contributed by atoms with Gasteiger partial charge >= 0.3 is 0 Å². The molecule has 1 heterocycles. The molecule has 1 aliphatic carbocycles. The molecule has 1 nitrogen and oxygen atoms in total. The third-order valence-electron chi connectivity index (χ3n) is 4.43. The van der Waals surface area contributed by atoms with E-state index in [9.17, 15) is 0 Å². The minimum absolute atomic E-state index is 0.226. The Bertz CT molecular complexity index is 495. The van der Waals surface area contributed by atoms with Gasteiger partial charge in [0.05, 0.1) is 0 Å². The van der Waals surface area contributed by atoms with Crippen molar-refractivity contribution in [2.45, 2.75) is 51.0 Å². The molecule has 1 aromatic carbocycles. The molecular formula is C16H22BrN. The zero-order valence-electron chi connectivity index (χ0n) is 11.8. The highest BCUT2D eigenvalue weighted by Gasteiger charge is 2.49. The van der Waals surface area contributed by atoms with Crippen molar-refractivity contribution in [3.63, 3.8) is 0 Å². The molecule has 18 heavy (non-hydrogen) atoms. The van der Waals surface area contributed by atoms with Crippen molar-refractivity contribution >= 4 is 15.9 Å². The average molecular weight is 308 g/mol. The van der Waals surface area contributed by atoms with Crippen molar-refractivity contribution < 1.29 is 0 Å². The topological polar surface area (TPSA) is 3.24 Å². The Kier molecular flexibility index (Phi) is 2.70. The van der Waals surface area contributed by atoms with Crippen LogP contribution in [0.1, 0.15) is 50.3 Å². The summed E-state index contributed by atoms with van der Waals surface area (Å²) in [5, 5.41) is 0. The van der Waals surface area contributed by atoms with Crippen LogP contribution in [0.2, 0.25) is 0 Å². The van der Waals surface area contributed by atoms with Gasteiger partial charge < -0.3 is 4.90 Å². The zero-order chi connectivity index (χ0) is 13.1. The largest absolute Gasteiger partial charge is 0.301 e. The van der Waals surface area contributed by atoms with Crippen LogP contribution >= 0.6 is 15.9 Å². The molecular weight excluding hydrogens is 286 g/mol. The Hall–Kier alpha value is -0.340. The second kappa shape index (κ2) is 3.83. The summed E-state index contributed by atoms with van der Waals surface area (Å²) in [5.41, 5.74) is 5.29. The Balaban J connectivity index is 2.15. The van der Waals surface area contributed by atoms with Gasteiger partial charge in [-0.1, -0.05) is 42.8 Å². The molecule has 0 atom stereocenters. The van der Waals surface area contributed by atoms with Gasteiger partial charge in [0, 0.05) is 23.0 Å². The molecule has 0 bridgehead atoms. The molecule has 0 amide bonds. The van der Waals surface area contributed by atoms with Gasteiger partial charge in [0.15, 0.2) is 0 Å². The minimum Gasteiger partial charge on any atom is -0.301 e. The van der Waals surface area contributed by atoms with Crippen molar-refractivity contribution in [3.05, 3.63) is 33.3 Å². The number of hydrogen-bond donors (Lipinski definition) is 0. The molecule has 0 radical (unpaired) electrons. The molecule has 0 saturated heterocycles. The van der Waals surface area contributed by atoms with Gasteiger partial charge in [-0.25, -0.2) is 0 Å². The fourth-order valence-electron chi connectivity index (χ4n) is 3.32. The van der Waals surface area contributed by atoms with Crippen molar-refractivity contribution in [2.75, 3.05) is 13.6 Å². The summed E-state index contributed by atoms with van der Waals surface area (Å²) in [6.45, 7) is 9.20. The fourth-order valence-corrected chi connectivity index (χ4v) is 4.24. The van der Waals surface area contributed by atoms with Crippen molar-refractivity contribution in [3.8, 4) is 0 Å². The van der Waals surface area contributed by atoms with Crippen LogP contribution in [-0.2, 0) is 17.4 Å². The third kappa shape index (κ3) is 1.94. The van der Waals surface area contributed by atoms with Crippen molar-refractivity contribution in [1.82, 2.24) is 4.90 Å². The van der Waals surface area contributed by atoms with E-state index < -0.39 is 0 Å². The number of nitrogens with zero attached hydrogens (tertiary/aromatic N) is 1. The molecule has 0 aromatic heterocycles. The quantitative estimate of drug-likeness (QED) is 0.693. The first-order chi connectivity index (χ1) is 8.32. The van der Waals surface area contributed by atoms with Gasteiger partial charge in [-0.2, -0.15) is 0 Å². The highest BCUT2D eigenvalue weighted by Crippen LogP contribution is 2.54. The first-order valence-corrected chi connectivity index (χ1v) is 7.63. The molecule has 1 saturated carbocycles. The molecule has 3 rings (SSSR count). The van der Waals surface area contributed by atoms with Crippen molar-refractivity contribution in [2.24, 2.45) is 0 Å². The number of likely N-dealkylation sites (N-methyl/N-ethyl adjacent to an activating group) is 1. The summed E-state index contributed by atoms with van der Waals surface area (Å²) >= 11 is 3.84. The molecule has 1 fully saturated rings. The van der Waals surface area contributed by atoms with Gasteiger partial charge in [-0.15, -0.1) is 0 Å². The van der Waals surface area contributed by atoms with Crippen LogP contribution in [0, 0.1) is 0 Å². The monoisotopic (exact) mass is 307 g/mol. The lowest BCUT2D eigenvalue weighted by Crippen LogP contribution is -2.35. The van der Waals surface area contributed by atoms with E-state index in [2.05, 4.69) is 60.8 Å². The highest BCUT2D eigenvalue weighted by atomic mass is 79.9. The Morgan fingerprint density at radius 2 is 1.89 bits per heavy atom. The third-order valence-corrected chi connectivity index (χ3v) is 5.06. The van der Waals surface area contributed by atoms with E-state index in [0.29, 0.717) is 5.41 Å². The normalized spacial score (nSPS) is 22.1. The summed E-state index contributed by atoms with van der Waals surface area (Å²) in [7, 11) is 2.25. The van der Waals surface area contributed by atoms with E-state index in [0.717, 1.165) is 6.54 Å².